The van der Waals surface area contributed by atoms with E-state index in [0.29, 0.717) is 0 Å². The van der Waals surface area contributed by atoms with E-state index in [2.05, 4.69) is 29.6 Å². The van der Waals surface area contributed by atoms with Gasteiger partial charge in [-0.15, -0.1) is 12.4 Å². The maximum absolute atomic E-state index is 13.2. The zero-order valence-electron chi connectivity index (χ0n) is 14.5. The highest BCUT2D eigenvalue weighted by Crippen LogP contribution is 2.45. The molecule has 0 saturated heterocycles. The fourth-order valence-corrected chi connectivity index (χ4v) is 3.45. The molecule has 1 heterocycles. The van der Waals surface area contributed by atoms with Crippen LogP contribution >= 0.6 is 12.4 Å². The topological polar surface area (TPSA) is 32.3 Å². The van der Waals surface area contributed by atoms with Gasteiger partial charge in [0, 0.05) is 5.69 Å². The van der Waals surface area contributed by atoms with E-state index in [1.54, 1.807) is 0 Å². The number of benzene rings is 2. The van der Waals surface area contributed by atoms with Crippen LogP contribution in [0.15, 0.2) is 54.6 Å². The van der Waals surface area contributed by atoms with E-state index >= 15 is 0 Å². The summed E-state index contributed by atoms with van der Waals surface area (Å²) in [6, 6.07) is 18.6. The second-order valence-electron chi connectivity index (χ2n) is 6.64. The van der Waals surface area contributed by atoms with Gasteiger partial charge in [0.25, 0.3) is 0 Å². The molecule has 0 fully saturated rings. The lowest BCUT2D eigenvalue weighted by Crippen LogP contribution is -2.39. The van der Waals surface area contributed by atoms with E-state index in [0.717, 1.165) is 24.2 Å². The van der Waals surface area contributed by atoms with Crippen LogP contribution in [-0.4, -0.2) is 19.5 Å². The first kappa shape index (κ1) is 18.5. The minimum atomic E-state index is -0.469. The highest BCUT2D eigenvalue weighted by molar-refractivity contribution is 6.08. The second-order valence-corrected chi connectivity index (χ2v) is 6.64. The number of nitrogens with one attached hydrogen (secondary N) is 1. The number of nitrogens with zero attached hydrogens (tertiary/aromatic N) is 1. The lowest BCUT2D eigenvalue weighted by atomic mass is 9.86. The SMILES string of the molecule is CNCC[C@H](c1ccccc1)N1C(=O)C(C)(C)c2ccccc21.Cl. The summed E-state index contributed by atoms with van der Waals surface area (Å²) in [5.41, 5.74) is 2.88. The van der Waals surface area contributed by atoms with Gasteiger partial charge in [0.15, 0.2) is 0 Å². The first-order valence-electron chi connectivity index (χ1n) is 8.20. The molecule has 24 heavy (non-hydrogen) atoms. The smallest absolute Gasteiger partial charge is 0.237 e. The van der Waals surface area contributed by atoms with Crippen LogP contribution in [0.5, 0.6) is 0 Å². The highest BCUT2D eigenvalue weighted by Gasteiger charge is 2.46. The van der Waals surface area contributed by atoms with Gasteiger partial charge in [-0.25, -0.2) is 0 Å². The Hall–Kier alpha value is -1.84. The van der Waals surface area contributed by atoms with E-state index in [1.807, 2.05) is 56.1 Å². The molecule has 0 bridgehead atoms. The fourth-order valence-electron chi connectivity index (χ4n) is 3.45. The molecule has 0 unspecified atom stereocenters. The summed E-state index contributed by atoms with van der Waals surface area (Å²) >= 11 is 0. The number of halogens is 1. The average Bonchev–Trinajstić information content (AvgIpc) is 2.77. The molecule has 0 aliphatic carbocycles. The molecule has 2 aromatic rings. The lowest BCUT2D eigenvalue weighted by molar-refractivity contribution is -0.122. The maximum Gasteiger partial charge on any atom is 0.237 e. The number of carbonyl (C=O) groups excluding carboxylic acids is 1. The third kappa shape index (κ3) is 3.06. The number of fused-ring (bicyclic) bond motifs is 1. The first-order valence-corrected chi connectivity index (χ1v) is 8.20. The van der Waals surface area contributed by atoms with Crippen molar-refractivity contribution in [3.05, 3.63) is 65.7 Å². The van der Waals surface area contributed by atoms with E-state index < -0.39 is 5.41 Å². The molecule has 0 aromatic heterocycles. The van der Waals surface area contributed by atoms with E-state index in [-0.39, 0.29) is 24.4 Å². The predicted molar refractivity (Wildman–Crippen MR) is 102 cm³/mol. The molecule has 1 atom stereocenters. The van der Waals surface area contributed by atoms with Crippen molar-refractivity contribution in [1.82, 2.24) is 5.32 Å². The van der Waals surface area contributed by atoms with E-state index in [4.69, 9.17) is 0 Å². The minimum Gasteiger partial charge on any atom is -0.320 e. The molecule has 1 aliphatic rings. The average molecular weight is 345 g/mol. The van der Waals surface area contributed by atoms with Crippen molar-refractivity contribution < 1.29 is 4.79 Å². The second kappa shape index (κ2) is 7.37. The van der Waals surface area contributed by atoms with Gasteiger partial charge in [-0.1, -0.05) is 48.5 Å². The van der Waals surface area contributed by atoms with Crippen LogP contribution in [-0.2, 0) is 10.2 Å². The summed E-state index contributed by atoms with van der Waals surface area (Å²) in [5, 5.41) is 3.21. The molecule has 1 amide bonds. The van der Waals surface area contributed by atoms with Crippen LogP contribution in [0, 0.1) is 0 Å². The van der Waals surface area contributed by atoms with Gasteiger partial charge in [-0.3, -0.25) is 4.79 Å². The Bertz CT molecular complexity index is 700. The highest BCUT2D eigenvalue weighted by atomic mass is 35.5. The molecule has 3 nitrogen and oxygen atoms in total. The van der Waals surface area contributed by atoms with Gasteiger partial charge >= 0.3 is 0 Å². The molecular formula is C20H25ClN2O. The summed E-state index contributed by atoms with van der Waals surface area (Å²) < 4.78 is 0. The number of amides is 1. The molecule has 2 aromatic carbocycles. The Kier molecular flexibility index (Phi) is 5.68. The molecule has 4 heteroatoms. The quantitative estimate of drug-likeness (QED) is 0.886. The monoisotopic (exact) mass is 344 g/mol. The molecule has 128 valence electrons. The Morgan fingerprint density at radius 3 is 2.33 bits per heavy atom. The van der Waals surface area contributed by atoms with Crippen molar-refractivity contribution in [2.45, 2.75) is 31.7 Å². The number of para-hydroxylation sites is 1. The van der Waals surface area contributed by atoms with E-state index in [9.17, 15) is 4.79 Å². The minimum absolute atomic E-state index is 0. The van der Waals surface area contributed by atoms with Crippen LogP contribution < -0.4 is 10.2 Å². The standard InChI is InChI=1S/C20H24N2O.ClH/c1-20(2)16-11-7-8-12-18(16)22(19(20)23)17(13-14-21-3)15-9-5-4-6-10-15;/h4-12,17,21H,13-14H2,1-3H3;1H/t17-;/m1./s1. The number of hydrogen-bond acceptors (Lipinski definition) is 2. The van der Waals surface area contributed by atoms with Crippen molar-refractivity contribution in [3.63, 3.8) is 0 Å². The molecule has 0 spiro atoms. The molecular weight excluding hydrogens is 320 g/mol. The van der Waals surface area contributed by atoms with Crippen molar-refractivity contribution in [3.8, 4) is 0 Å². The van der Waals surface area contributed by atoms with Crippen molar-refractivity contribution in [2.24, 2.45) is 0 Å². The normalized spacial score (nSPS) is 16.5. The van der Waals surface area contributed by atoms with Gasteiger partial charge in [0.05, 0.1) is 11.5 Å². The molecule has 1 N–H and O–H groups in total. The summed E-state index contributed by atoms with van der Waals surface area (Å²) in [5.74, 6) is 0.184. The Labute approximate surface area is 150 Å². The number of carbonyl (C=O) groups is 1. The summed E-state index contributed by atoms with van der Waals surface area (Å²) in [4.78, 5) is 15.2. The van der Waals surface area contributed by atoms with Crippen molar-refractivity contribution in [1.29, 1.82) is 0 Å². The number of hydrogen-bond donors (Lipinski definition) is 1. The van der Waals surface area contributed by atoms with Crippen LogP contribution in [0.2, 0.25) is 0 Å². The summed E-state index contributed by atoms with van der Waals surface area (Å²) in [6.45, 7) is 4.91. The van der Waals surface area contributed by atoms with Crippen molar-refractivity contribution in [2.75, 3.05) is 18.5 Å². The van der Waals surface area contributed by atoms with Gasteiger partial charge in [-0.2, -0.15) is 0 Å². The lowest BCUT2D eigenvalue weighted by Gasteiger charge is -2.30. The molecule has 3 rings (SSSR count). The molecule has 0 radical (unpaired) electrons. The zero-order chi connectivity index (χ0) is 16.4. The largest absolute Gasteiger partial charge is 0.320 e. The van der Waals surface area contributed by atoms with Gasteiger partial charge in [-0.05, 0) is 51.1 Å². The maximum atomic E-state index is 13.2. The van der Waals surface area contributed by atoms with Gasteiger partial charge < -0.3 is 10.2 Å². The third-order valence-electron chi connectivity index (χ3n) is 4.75. The summed E-state index contributed by atoms with van der Waals surface area (Å²) in [7, 11) is 1.95. The fraction of sp³-hybridized carbons (Fsp3) is 0.350. The van der Waals surface area contributed by atoms with Crippen molar-refractivity contribution >= 4 is 24.0 Å². The zero-order valence-corrected chi connectivity index (χ0v) is 15.3. The van der Waals surface area contributed by atoms with Crippen LogP contribution in [0.1, 0.15) is 37.4 Å². The van der Waals surface area contributed by atoms with Crippen LogP contribution in [0.25, 0.3) is 0 Å². The first-order chi connectivity index (χ1) is 11.1. The number of anilines is 1. The Morgan fingerprint density at radius 2 is 1.67 bits per heavy atom. The third-order valence-corrected chi connectivity index (χ3v) is 4.75. The Balaban J connectivity index is 0.00000208. The summed E-state index contributed by atoms with van der Waals surface area (Å²) in [6.07, 6.45) is 0.886. The van der Waals surface area contributed by atoms with Crippen LogP contribution in [0.4, 0.5) is 5.69 Å². The predicted octanol–water partition coefficient (Wildman–Crippen LogP) is 4.08. The molecule has 1 aliphatic heterocycles. The molecule has 0 saturated carbocycles. The van der Waals surface area contributed by atoms with Gasteiger partial charge in [0.1, 0.15) is 0 Å². The number of rotatable bonds is 5. The van der Waals surface area contributed by atoms with E-state index in [1.165, 1.54) is 5.56 Å². The van der Waals surface area contributed by atoms with Gasteiger partial charge in [0.2, 0.25) is 5.91 Å². The Morgan fingerprint density at radius 1 is 1.04 bits per heavy atom. The van der Waals surface area contributed by atoms with Crippen LogP contribution in [0.3, 0.4) is 0 Å².